The lowest BCUT2D eigenvalue weighted by molar-refractivity contribution is -0.119. The molecule has 7 heteroatoms. The zero-order valence-corrected chi connectivity index (χ0v) is 17.9. The summed E-state index contributed by atoms with van der Waals surface area (Å²) in [6.45, 7) is 3.66. The minimum Gasteiger partial charge on any atom is -0.485 e. The van der Waals surface area contributed by atoms with Crippen LogP contribution in [0.1, 0.15) is 17.0 Å². The molecular weight excluding hydrogens is 406 g/mol. The molecule has 1 heterocycles. The Hall–Kier alpha value is -4.13. The standard InChI is InChI=1S/C25H23N3O4/c1-17-9-8-10-18(2)24(17)32-15-22-26-21-14-7-6-13-20(21)25(30)28(22)27-23(29)16-31-19-11-4-3-5-12-19/h3-14H,15-16H2,1-2H3,(H,27,29). The van der Waals surface area contributed by atoms with E-state index in [1.165, 1.54) is 0 Å². The van der Waals surface area contributed by atoms with E-state index in [1.54, 1.807) is 30.3 Å². The molecule has 0 fully saturated rings. The minimum absolute atomic E-state index is 0.00555. The van der Waals surface area contributed by atoms with E-state index in [0.717, 1.165) is 21.6 Å². The lowest BCUT2D eigenvalue weighted by Gasteiger charge is -2.17. The Labute approximate surface area is 185 Å². The van der Waals surface area contributed by atoms with Crippen molar-refractivity contribution in [1.82, 2.24) is 9.66 Å². The van der Waals surface area contributed by atoms with Gasteiger partial charge in [0.05, 0.1) is 10.9 Å². The predicted molar refractivity (Wildman–Crippen MR) is 123 cm³/mol. The average molecular weight is 429 g/mol. The number of hydrogen-bond donors (Lipinski definition) is 1. The molecule has 4 rings (SSSR count). The number of para-hydroxylation sites is 3. The van der Waals surface area contributed by atoms with Crippen LogP contribution in [-0.2, 0) is 11.4 Å². The monoisotopic (exact) mass is 429 g/mol. The SMILES string of the molecule is Cc1cccc(C)c1OCc1nc2ccccc2c(=O)n1NC(=O)COc1ccccc1. The molecule has 1 aromatic heterocycles. The van der Waals surface area contributed by atoms with Gasteiger partial charge in [0.1, 0.15) is 18.1 Å². The van der Waals surface area contributed by atoms with E-state index in [1.807, 2.05) is 56.3 Å². The summed E-state index contributed by atoms with van der Waals surface area (Å²) in [5, 5.41) is 0.396. The van der Waals surface area contributed by atoms with Crippen molar-refractivity contribution in [3.8, 4) is 11.5 Å². The molecule has 0 radical (unpaired) electrons. The second-order valence-electron chi connectivity index (χ2n) is 7.33. The lowest BCUT2D eigenvalue weighted by Crippen LogP contribution is -2.38. The lowest BCUT2D eigenvalue weighted by atomic mass is 10.1. The zero-order valence-electron chi connectivity index (χ0n) is 17.9. The number of aryl methyl sites for hydroxylation is 2. The van der Waals surface area contributed by atoms with Crippen molar-refractivity contribution >= 4 is 16.8 Å². The van der Waals surface area contributed by atoms with E-state index in [-0.39, 0.29) is 24.6 Å². The Bertz CT molecular complexity index is 1300. The number of nitrogens with one attached hydrogen (secondary N) is 1. The van der Waals surface area contributed by atoms with Crippen molar-refractivity contribution in [2.45, 2.75) is 20.5 Å². The number of nitrogens with zero attached hydrogens (tertiary/aromatic N) is 2. The highest BCUT2D eigenvalue weighted by Gasteiger charge is 2.15. The van der Waals surface area contributed by atoms with Crippen LogP contribution in [0.4, 0.5) is 0 Å². The summed E-state index contributed by atoms with van der Waals surface area (Å²) in [4.78, 5) is 30.2. The van der Waals surface area contributed by atoms with E-state index in [2.05, 4.69) is 10.4 Å². The van der Waals surface area contributed by atoms with Crippen molar-refractivity contribution < 1.29 is 14.3 Å². The number of carbonyl (C=O) groups excluding carboxylic acids is 1. The van der Waals surface area contributed by atoms with Crippen molar-refractivity contribution in [3.63, 3.8) is 0 Å². The first-order valence-corrected chi connectivity index (χ1v) is 10.2. The molecule has 162 valence electrons. The van der Waals surface area contributed by atoms with Crippen LogP contribution in [0, 0.1) is 13.8 Å². The molecule has 0 saturated heterocycles. The molecular formula is C25H23N3O4. The molecule has 32 heavy (non-hydrogen) atoms. The quantitative estimate of drug-likeness (QED) is 0.484. The van der Waals surface area contributed by atoms with Crippen LogP contribution in [-0.4, -0.2) is 22.2 Å². The maximum Gasteiger partial charge on any atom is 0.280 e. The van der Waals surface area contributed by atoms with Crippen molar-refractivity contribution in [2.24, 2.45) is 0 Å². The Balaban J connectivity index is 1.61. The largest absolute Gasteiger partial charge is 0.485 e. The first kappa shape index (κ1) is 21.1. The molecule has 0 aliphatic rings. The Morgan fingerprint density at radius 2 is 1.59 bits per heavy atom. The molecule has 0 aliphatic carbocycles. The first-order valence-electron chi connectivity index (χ1n) is 10.2. The fourth-order valence-corrected chi connectivity index (χ4v) is 3.38. The van der Waals surface area contributed by atoms with Gasteiger partial charge in [-0.3, -0.25) is 15.0 Å². The number of rotatable bonds is 7. The van der Waals surface area contributed by atoms with Gasteiger partial charge in [0.15, 0.2) is 12.4 Å². The third kappa shape index (κ3) is 4.62. The predicted octanol–water partition coefficient (Wildman–Crippen LogP) is 3.74. The van der Waals surface area contributed by atoms with Gasteiger partial charge in [-0.2, -0.15) is 4.68 Å². The molecule has 0 aliphatic heterocycles. The smallest absolute Gasteiger partial charge is 0.280 e. The number of carbonyl (C=O) groups is 1. The molecule has 1 amide bonds. The van der Waals surface area contributed by atoms with Gasteiger partial charge in [0.2, 0.25) is 0 Å². The highest BCUT2D eigenvalue weighted by atomic mass is 16.5. The van der Waals surface area contributed by atoms with Gasteiger partial charge in [-0.25, -0.2) is 4.98 Å². The van der Waals surface area contributed by atoms with Gasteiger partial charge in [-0.15, -0.1) is 0 Å². The third-order valence-electron chi connectivity index (χ3n) is 4.95. The summed E-state index contributed by atoms with van der Waals surface area (Å²) in [5.41, 5.74) is 4.69. The number of fused-ring (bicyclic) bond motifs is 1. The second-order valence-corrected chi connectivity index (χ2v) is 7.33. The maximum atomic E-state index is 13.1. The summed E-state index contributed by atoms with van der Waals surface area (Å²) in [7, 11) is 0. The van der Waals surface area contributed by atoms with Crippen LogP contribution in [0.25, 0.3) is 10.9 Å². The fraction of sp³-hybridized carbons (Fsp3) is 0.160. The topological polar surface area (TPSA) is 82.5 Å². The summed E-state index contributed by atoms with van der Waals surface area (Å²) in [6, 6.07) is 21.8. The van der Waals surface area contributed by atoms with E-state index in [4.69, 9.17) is 9.47 Å². The maximum absolute atomic E-state index is 13.1. The summed E-state index contributed by atoms with van der Waals surface area (Å²) >= 11 is 0. The average Bonchev–Trinajstić information content (AvgIpc) is 2.80. The van der Waals surface area contributed by atoms with Crippen LogP contribution < -0.4 is 20.5 Å². The normalized spacial score (nSPS) is 10.7. The van der Waals surface area contributed by atoms with Crippen LogP contribution >= 0.6 is 0 Å². The molecule has 4 aromatic rings. The van der Waals surface area contributed by atoms with E-state index in [9.17, 15) is 9.59 Å². The Kier molecular flexibility index (Phi) is 6.17. The Morgan fingerprint density at radius 3 is 2.34 bits per heavy atom. The molecule has 3 aromatic carbocycles. The van der Waals surface area contributed by atoms with Crippen molar-refractivity contribution in [3.05, 3.63) is 100 Å². The van der Waals surface area contributed by atoms with Crippen molar-refractivity contribution in [2.75, 3.05) is 12.0 Å². The second kappa shape index (κ2) is 9.34. The summed E-state index contributed by atoms with van der Waals surface area (Å²) < 4.78 is 12.6. The number of amides is 1. The summed E-state index contributed by atoms with van der Waals surface area (Å²) in [6.07, 6.45) is 0. The van der Waals surface area contributed by atoms with Crippen molar-refractivity contribution in [1.29, 1.82) is 0 Å². The molecule has 0 saturated carbocycles. The van der Waals surface area contributed by atoms with Crippen LogP contribution in [0.3, 0.4) is 0 Å². The Morgan fingerprint density at radius 1 is 0.906 bits per heavy atom. The van der Waals surface area contributed by atoms with E-state index < -0.39 is 5.91 Å². The number of aromatic nitrogens is 2. The molecule has 7 nitrogen and oxygen atoms in total. The molecule has 1 N–H and O–H groups in total. The summed E-state index contributed by atoms with van der Waals surface area (Å²) in [5.74, 6) is 1.08. The zero-order chi connectivity index (χ0) is 22.5. The molecule has 0 atom stereocenters. The third-order valence-corrected chi connectivity index (χ3v) is 4.95. The van der Waals surface area contributed by atoms with Gasteiger partial charge in [0.25, 0.3) is 11.5 Å². The number of hydrogen-bond acceptors (Lipinski definition) is 5. The fourth-order valence-electron chi connectivity index (χ4n) is 3.38. The van der Waals surface area contributed by atoms with Gasteiger partial charge < -0.3 is 9.47 Å². The van der Waals surface area contributed by atoms with Gasteiger partial charge in [-0.05, 0) is 49.2 Å². The highest BCUT2D eigenvalue weighted by molar-refractivity contribution is 5.86. The molecule has 0 unspecified atom stereocenters. The first-order chi connectivity index (χ1) is 15.5. The van der Waals surface area contributed by atoms with E-state index >= 15 is 0 Å². The molecule has 0 spiro atoms. The van der Waals surface area contributed by atoms with Crippen LogP contribution in [0.15, 0.2) is 77.6 Å². The minimum atomic E-state index is -0.485. The van der Waals surface area contributed by atoms with Gasteiger partial charge in [0, 0.05) is 0 Å². The van der Waals surface area contributed by atoms with Crippen LogP contribution in [0.2, 0.25) is 0 Å². The highest BCUT2D eigenvalue weighted by Crippen LogP contribution is 2.23. The number of benzene rings is 3. The number of ether oxygens (including phenoxy) is 2. The van der Waals surface area contributed by atoms with Gasteiger partial charge in [-0.1, -0.05) is 48.5 Å². The van der Waals surface area contributed by atoms with E-state index in [0.29, 0.717) is 16.7 Å². The molecule has 0 bridgehead atoms. The van der Waals surface area contributed by atoms with Gasteiger partial charge >= 0.3 is 0 Å². The van der Waals surface area contributed by atoms with Crippen LogP contribution in [0.5, 0.6) is 11.5 Å².